The molecule has 1 aromatic rings. The lowest BCUT2D eigenvalue weighted by atomic mass is 10.1. The fourth-order valence-electron chi connectivity index (χ4n) is 2.44. The third-order valence-electron chi connectivity index (χ3n) is 3.35. The standard InChI is InChI=1S/C13H16F3N3S/c1-2-19(7-13(14,15)16)12-9(11(17)20)6-8-4-3-5-10(8)18-12/h6H,2-5,7H2,1H3,(H2,17,20). The average molecular weight is 303 g/mol. The zero-order valence-electron chi connectivity index (χ0n) is 11.1. The van der Waals surface area contributed by atoms with Crippen LogP contribution in [0.5, 0.6) is 0 Å². The predicted molar refractivity (Wildman–Crippen MR) is 76.1 cm³/mol. The minimum absolute atomic E-state index is 0.0859. The Hall–Kier alpha value is -1.37. The van der Waals surface area contributed by atoms with Gasteiger partial charge in [0.15, 0.2) is 0 Å². The second-order valence-corrected chi connectivity index (χ2v) is 5.25. The highest BCUT2D eigenvalue weighted by molar-refractivity contribution is 7.80. The van der Waals surface area contributed by atoms with Gasteiger partial charge in [0, 0.05) is 12.2 Å². The van der Waals surface area contributed by atoms with E-state index >= 15 is 0 Å². The van der Waals surface area contributed by atoms with Gasteiger partial charge in [0.2, 0.25) is 0 Å². The third-order valence-corrected chi connectivity index (χ3v) is 3.57. The number of alkyl halides is 3. The molecule has 1 aliphatic rings. The molecule has 110 valence electrons. The van der Waals surface area contributed by atoms with Crippen LogP contribution in [0, 0.1) is 0 Å². The van der Waals surface area contributed by atoms with Crippen molar-refractivity contribution >= 4 is 23.0 Å². The van der Waals surface area contributed by atoms with Gasteiger partial charge in [-0.2, -0.15) is 13.2 Å². The molecule has 1 aliphatic carbocycles. The molecular weight excluding hydrogens is 287 g/mol. The fraction of sp³-hybridized carbons (Fsp3) is 0.538. The van der Waals surface area contributed by atoms with Crippen molar-refractivity contribution in [3.63, 3.8) is 0 Å². The van der Waals surface area contributed by atoms with E-state index in [2.05, 4.69) is 4.98 Å². The molecule has 0 saturated heterocycles. The summed E-state index contributed by atoms with van der Waals surface area (Å²) >= 11 is 4.96. The van der Waals surface area contributed by atoms with Crippen LogP contribution in [0.2, 0.25) is 0 Å². The Labute approximate surface area is 121 Å². The van der Waals surface area contributed by atoms with Crippen molar-refractivity contribution in [1.82, 2.24) is 4.98 Å². The van der Waals surface area contributed by atoms with Gasteiger partial charge in [-0.1, -0.05) is 12.2 Å². The van der Waals surface area contributed by atoms with Crippen molar-refractivity contribution in [3.8, 4) is 0 Å². The molecule has 0 atom stereocenters. The predicted octanol–water partition coefficient (Wildman–Crippen LogP) is 2.59. The van der Waals surface area contributed by atoms with Crippen LogP contribution in [0.3, 0.4) is 0 Å². The van der Waals surface area contributed by atoms with Gasteiger partial charge >= 0.3 is 6.18 Å². The monoisotopic (exact) mass is 303 g/mol. The van der Waals surface area contributed by atoms with Gasteiger partial charge in [-0.25, -0.2) is 4.98 Å². The largest absolute Gasteiger partial charge is 0.405 e. The molecule has 0 bridgehead atoms. The minimum Gasteiger partial charge on any atom is -0.389 e. The molecule has 0 radical (unpaired) electrons. The Morgan fingerprint density at radius 2 is 2.15 bits per heavy atom. The number of nitrogens with two attached hydrogens (primary N) is 1. The molecule has 20 heavy (non-hydrogen) atoms. The van der Waals surface area contributed by atoms with Gasteiger partial charge in [-0.05, 0) is 37.8 Å². The maximum absolute atomic E-state index is 12.7. The van der Waals surface area contributed by atoms with Crippen LogP contribution in [-0.4, -0.2) is 29.2 Å². The van der Waals surface area contributed by atoms with Crippen molar-refractivity contribution in [2.24, 2.45) is 5.73 Å². The Bertz CT molecular complexity index is 528. The topological polar surface area (TPSA) is 42.2 Å². The number of fused-ring (bicyclic) bond motifs is 1. The first kappa shape index (κ1) is 15.0. The fourth-order valence-corrected chi connectivity index (χ4v) is 2.59. The van der Waals surface area contributed by atoms with Crippen LogP contribution in [-0.2, 0) is 12.8 Å². The molecule has 2 rings (SSSR count). The number of hydrogen-bond acceptors (Lipinski definition) is 3. The maximum Gasteiger partial charge on any atom is 0.405 e. The van der Waals surface area contributed by atoms with E-state index in [0.29, 0.717) is 5.56 Å². The zero-order valence-corrected chi connectivity index (χ0v) is 11.9. The number of halogens is 3. The van der Waals surface area contributed by atoms with Crippen molar-refractivity contribution in [2.45, 2.75) is 32.4 Å². The van der Waals surface area contributed by atoms with Crippen LogP contribution in [0.1, 0.15) is 30.2 Å². The summed E-state index contributed by atoms with van der Waals surface area (Å²) < 4.78 is 38.0. The lowest BCUT2D eigenvalue weighted by Crippen LogP contribution is -2.36. The van der Waals surface area contributed by atoms with Crippen LogP contribution in [0.4, 0.5) is 19.0 Å². The van der Waals surface area contributed by atoms with E-state index in [1.54, 1.807) is 13.0 Å². The Morgan fingerprint density at radius 3 is 2.70 bits per heavy atom. The molecule has 0 spiro atoms. The van der Waals surface area contributed by atoms with Gasteiger partial charge in [-0.15, -0.1) is 0 Å². The molecule has 0 unspecified atom stereocenters. The third kappa shape index (κ3) is 3.20. The maximum atomic E-state index is 12.7. The SMILES string of the molecule is CCN(CC(F)(F)F)c1nc2c(cc1C(N)=S)CCC2. The molecule has 1 aromatic heterocycles. The van der Waals surface area contributed by atoms with E-state index in [1.807, 2.05) is 0 Å². The second-order valence-electron chi connectivity index (χ2n) is 4.81. The average Bonchev–Trinajstić information content (AvgIpc) is 2.80. The quantitative estimate of drug-likeness (QED) is 0.868. The van der Waals surface area contributed by atoms with Gasteiger partial charge in [0.05, 0.1) is 5.56 Å². The lowest BCUT2D eigenvalue weighted by molar-refractivity contribution is -0.119. The van der Waals surface area contributed by atoms with Crippen molar-refractivity contribution in [2.75, 3.05) is 18.0 Å². The minimum atomic E-state index is -4.29. The van der Waals surface area contributed by atoms with E-state index in [4.69, 9.17) is 18.0 Å². The molecule has 1 heterocycles. The van der Waals surface area contributed by atoms with Gasteiger partial charge in [0.1, 0.15) is 17.4 Å². The summed E-state index contributed by atoms with van der Waals surface area (Å²) in [5.41, 5.74) is 7.99. The first-order valence-electron chi connectivity index (χ1n) is 6.46. The molecule has 0 amide bonds. The number of aromatic nitrogens is 1. The molecule has 7 heteroatoms. The van der Waals surface area contributed by atoms with Gasteiger partial charge < -0.3 is 10.6 Å². The van der Waals surface area contributed by atoms with Crippen LogP contribution in [0.15, 0.2) is 6.07 Å². The molecule has 3 nitrogen and oxygen atoms in total. The Kier molecular flexibility index (Phi) is 4.17. The number of pyridine rings is 1. The number of anilines is 1. The highest BCUT2D eigenvalue weighted by atomic mass is 32.1. The Morgan fingerprint density at radius 1 is 1.45 bits per heavy atom. The molecule has 0 aliphatic heterocycles. The van der Waals surface area contributed by atoms with E-state index in [1.165, 1.54) is 4.90 Å². The molecule has 0 saturated carbocycles. The zero-order chi connectivity index (χ0) is 14.9. The number of nitrogens with zero attached hydrogens (tertiary/aromatic N) is 2. The van der Waals surface area contributed by atoms with E-state index in [9.17, 15) is 13.2 Å². The Balaban J connectivity index is 2.45. The molecular formula is C13H16F3N3S. The highest BCUT2D eigenvalue weighted by Crippen LogP contribution is 2.29. The van der Waals surface area contributed by atoms with Crippen LogP contribution < -0.4 is 10.6 Å². The first-order valence-corrected chi connectivity index (χ1v) is 6.87. The summed E-state index contributed by atoms with van der Waals surface area (Å²) in [6.07, 6.45) is -1.65. The second kappa shape index (κ2) is 5.55. The van der Waals surface area contributed by atoms with Crippen molar-refractivity contribution < 1.29 is 13.2 Å². The lowest BCUT2D eigenvalue weighted by Gasteiger charge is -2.26. The van der Waals surface area contributed by atoms with E-state index in [0.717, 1.165) is 30.5 Å². The van der Waals surface area contributed by atoms with Crippen LogP contribution >= 0.6 is 12.2 Å². The number of aryl methyl sites for hydroxylation is 2. The molecule has 0 fully saturated rings. The smallest absolute Gasteiger partial charge is 0.389 e. The first-order chi connectivity index (χ1) is 9.31. The highest BCUT2D eigenvalue weighted by Gasteiger charge is 2.32. The van der Waals surface area contributed by atoms with E-state index < -0.39 is 12.7 Å². The van der Waals surface area contributed by atoms with E-state index in [-0.39, 0.29) is 17.4 Å². The molecule has 0 aromatic carbocycles. The number of hydrogen-bond donors (Lipinski definition) is 1. The summed E-state index contributed by atoms with van der Waals surface area (Å²) in [4.78, 5) is 5.65. The van der Waals surface area contributed by atoms with Crippen molar-refractivity contribution in [1.29, 1.82) is 0 Å². The summed E-state index contributed by atoms with van der Waals surface area (Å²) in [7, 11) is 0. The van der Waals surface area contributed by atoms with Crippen LogP contribution in [0.25, 0.3) is 0 Å². The van der Waals surface area contributed by atoms with Crippen molar-refractivity contribution in [3.05, 3.63) is 22.9 Å². The molecule has 2 N–H and O–H groups in total. The summed E-state index contributed by atoms with van der Waals surface area (Å²) in [5.74, 6) is 0.248. The number of thiocarbonyl (C=S) groups is 1. The number of rotatable bonds is 4. The summed E-state index contributed by atoms with van der Waals surface area (Å²) in [6, 6.07) is 1.80. The summed E-state index contributed by atoms with van der Waals surface area (Å²) in [6.45, 7) is 0.801. The van der Waals surface area contributed by atoms with Gasteiger partial charge in [0.25, 0.3) is 0 Å². The summed E-state index contributed by atoms with van der Waals surface area (Å²) in [5, 5.41) is 0. The normalized spacial score (nSPS) is 14.2. The van der Waals surface area contributed by atoms with Gasteiger partial charge in [-0.3, -0.25) is 0 Å².